The first-order chi connectivity index (χ1) is 14.2. The van der Waals surface area contributed by atoms with Gasteiger partial charge in [0.15, 0.2) is 0 Å². The third kappa shape index (κ3) is 3.44. The first-order valence-electron chi connectivity index (χ1n) is 10.6. The molecule has 4 atom stereocenters. The lowest BCUT2D eigenvalue weighted by Gasteiger charge is -2.30. The third-order valence-electron chi connectivity index (χ3n) is 6.61. The maximum atomic E-state index is 12.2. The molecular weight excluding hydrogens is 380 g/mol. The normalized spacial score (nSPS) is 28.6. The van der Waals surface area contributed by atoms with Crippen LogP contribution in [-0.2, 0) is 17.7 Å². The molecule has 7 heteroatoms. The van der Waals surface area contributed by atoms with E-state index in [1.165, 1.54) is 0 Å². The molecule has 2 aliphatic rings. The van der Waals surface area contributed by atoms with Crippen molar-refractivity contribution in [1.29, 1.82) is 5.26 Å². The SMILES string of the molecule is CC(C)OC(=O)NC1Cc2c(c3ccccc3n2CC2N(C)CCC2(C)O)[C@H]1C#N. The van der Waals surface area contributed by atoms with Crippen molar-refractivity contribution in [2.75, 3.05) is 13.6 Å². The number of nitriles is 1. The van der Waals surface area contributed by atoms with Crippen molar-refractivity contribution in [1.82, 2.24) is 14.8 Å². The van der Waals surface area contributed by atoms with Gasteiger partial charge in [-0.1, -0.05) is 18.2 Å². The van der Waals surface area contributed by atoms with Gasteiger partial charge in [-0.3, -0.25) is 4.90 Å². The number of carbonyl (C=O) groups excluding carboxylic acids is 1. The van der Waals surface area contributed by atoms with Gasteiger partial charge >= 0.3 is 6.09 Å². The van der Waals surface area contributed by atoms with Crippen LogP contribution in [0.4, 0.5) is 4.79 Å². The number of rotatable bonds is 4. The molecule has 0 radical (unpaired) electrons. The Bertz CT molecular complexity index is 1000. The van der Waals surface area contributed by atoms with Gasteiger partial charge in [0.25, 0.3) is 0 Å². The quantitative estimate of drug-likeness (QED) is 0.809. The van der Waals surface area contributed by atoms with Crippen molar-refractivity contribution in [2.45, 2.75) is 69.9 Å². The highest BCUT2D eigenvalue weighted by Gasteiger charge is 2.43. The fraction of sp³-hybridized carbons (Fsp3) is 0.565. The molecule has 1 aliphatic heterocycles. The van der Waals surface area contributed by atoms with Gasteiger partial charge in [-0.25, -0.2) is 4.79 Å². The number of likely N-dealkylation sites (tertiary alicyclic amines) is 1. The minimum atomic E-state index is -0.765. The van der Waals surface area contributed by atoms with Crippen LogP contribution in [0.3, 0.4) is 0 Å². The molecule has 0 saturated carbocycles. The summed E-state index contributed by atoms with van der Waals surface area (Å²) in [6.45, 7) is 7.00. The molecule has 1 saturated heterocycles. The molecule has 2 N–H and O–H groups in total. The Balaban J connectivity index is 1.72. The number of benzene rings is 1. The summed E-state index contributed by atoms with van der Waals surface area (Å²) in [6.07, 6.45) is 0.592. The van der Waals surface area contributed by atoms with Crippen LogP contribution in [-0.4, -0.2) is 58.0 Å². The second-order valence-electron chi connectivity index (χ2n) is 9.11. The molecule has 0 bridgehead atoms. The molecule has 3 unspecified atom stereocenters. The van der Waals surface area contributed by atoms with E-state index >= 15 is 0 Å². The van der Waals surface area contributed by atoms with E-state index in [2.05, 4.69) is 26.9 Å². The maximum absolute atomic E-state index is 12.2. The maximum Gasteiger partial charge on any atom is 0.407 e. The fourth-order valence-corrected chi connectivity index (χ4v) is 5.08. The second-order valence-corrected chi connectivity index (χ2v) is 9.11. The number of para-hydroxylation sites is 1. The number of aliphatic hydroxyl groups is 1. The fourth-order valence-electron chi connectivity index (χ4n) is 5.08. The number of likely N-dealkylation sites (N-methyl/N-ethyl adjacent to an activating group) is 1. The van der Waals surface area contributed by atoms with Gasteiger partial charge in [0.1, 0.15) is 0 Å². The van der Waals surface area contributed by atoms with Crippen LogP contribution in [0, 0.1) is 11.3 Å². The Morgan fingerprint density at radius 2 is 2.17 bits per heavy atom. The van der Waals surface area contributed by atoms with E-state index in [1.807, 2.05) is 32.2 Å². The molecule has 1 amide bonds. The van der Waals surface area contributed by atoms with Crippen molar-refractivity contribution < 1.29 is 14.6 Å². The van der Waals surface area contributed by atoms with Gasteiger partial charge in [0.2, 0.25) is 0 Å². The Labute approximate surface area is 177 Å². The summed E-state index contributed by atoms with van der Waals surface area (Å²) in [5.41, 5.74) is 2.36. The van der Waals surface area contributed by atoms with E-state index in [4.69, 9.17) is 4.74 Å². The molecule has 1 aromatic carbocycles. The number of aromatic nitrogens is 1. The van der Waals surface area contributed by atoms with Crippen molar-refractivity contribution >= 4 is 17.0 Å². The average Bonchev–Trinajstić information content (AvgIpc) is 3.26. The number of hydrogen-bond donors (Lipinski definition) is 2. The summed E-state index contributed by atoms with van der Waals surface area (Å²) in [5.74, 6) is -0.437. The van der Waals surface area contributed by atoms with Crippen molar-refractivity contribution in [3.05, 3.63) is 35.5 Å². The van der Waals surface area contributed by atoms with Crippen molar-refractivity contribution in [2.24, 2.45) is 0 Å². The van der Waals surface area contributed by atoms with E-state index in [-0.39, 0.29) is 18.2 Å². The standard InChI is InChI=1S/C23H30N4O3/c1-14(2)30-22(28)25-17-11-19-21(16(17)12-24)15-7-5-6-8-18(15)27(19)13-20-23(3,29)9-10-26(20)4/h5-8,14,16-17,20,29H,9-11,13H2,1-4H3,(H,25,28)/t16-,17?,20?,23?/m0/s1. The summed E-state index contributed by atoms with van der Waals surface area (Å²) < 4.78 is 7.48. The number of hydrogen-bond acceptors (Lipinski definition) is 5. The van der Waals surface area contributed by atoms with Gasteiger partial charge in [-0.15, -0.1) is 0 Å². The second kappa shape index (κ2) is 7.60. The third-order valence-corrected chi connectivity index (χ3v) is 6.61. The van der Waals surface area contributed by atoms with Crippen LogP contribution in [0.1, 0.15) is 44.4 Å². The molecule has 1 aliphatic carbocycles. The highest BCUT2D eigenvalue weighted by molar-refractivity contribution is 5.88. The van der Waals surface area contributed by atoms with Crippen molar-refractivity contribution in [3.8, 4) is 6.07 Å². The predicted molar refractivity (Wildman–Crippen MR) is 114 cm³/mol. The lowest BCUT2D eigenvalue weighted by atomic mass is 9.97. The lowest BCUT2D eigenvalue weighted by molar-refractivity contribution is 0.0190. The largest absolute Gasteiger partial charge is 0.447 e. The zero-order valence-corrected chi connectivity index (χ0v) is 18.1. The van der Waals surface area contributed by atoms with Crippen LogP contribution < -0.4 is 5.32 Å². The van der Waals surface area contributed by atoms with E-state index in [1.54, 1.807) is 13.8 Å². The number of alkyl carbamates (subject to hydrolysis) is 1. The zero-order valence-electron chi connectivity index (χ0n) is 18.1. The number of ether oxygens (including phenoxy) is 1. The van der Waals surface area contributed by atoms with Gasteiger partial charge in [0.05, 0.1) is 35.8 Å². The van der Waals surface area contributed by atoms with Crippen LogP contribution in [0.2, 0.25) is 0 Å². The molecule has 1 fully saturated rings. The predicted octanol–water partition coefficient (Wildman–Crippen LogP) is 2.76. The smallest absolute Gasteiger partial charge is 0.407 e. The molecule has 4 rings (SSSR count). The Hall–Kier alpha value is -2.56. The molecule has 2 aromatic rings. The number of amides is 1. The summed E-state index contributed by atoms with van der Waals surface area (Å²) in [6, 6.07) is 10.2. The minimum absolute atomic E-state index is 0.0177. The van der Waals surface area contributed by atoms with Crippen LogP contribution >= 0.6 is 0 Å². The Morgan fingerprint density at radius 3 is 2.80 bits per heavy atom. The Kier molecular flexibility index (Phi) is 5.25. The van der Waals surface area contributed by atoms with Crippen molar-refractivity contribution in [3.63, 3.8) is 0 Å². The highest BCUT2D eigenvalue weighted by Crippen LogP contribution is 2.41. The molecule has 7 nitrogen and oxygen atoms in total. The lowest BCUT2D eigenvalue weighted by Crippen LogP contribution is -2.44. The molecular formula is C23H30N4O3. The summed E-state index contributed by atoms with van der Waals surface area (Å²) in [5, 5.41) is 24.8. The topological polar surface area (TPSA) is 90.5 Å². The first-order valence-corrected chi connectivity index (χ1v) is 10.6. The number of fused-ring (bicyclic) bond motifs is 3. The molecule has 2 heterocycles. The van der Waals surface area contributed by atoms with Gasteiger partial charge in [-0.2, -0.15) is 5.26 Å². The summed E-state index contributed by atoms with van der Waals surface area (Å²) >= 11 is 0. The van der Waals surface area contributed by atoms with Gasteiger partial charge < -0.3 is 19.7 Å². The average molecular weight is 411 g/mol. The minimum Gasteiger partial charge on any atom is -0.447 e. The number of nitrogens with one attached hydrogen (secondary N) is 1. The van der Waals surface area contributed by atoms with E-state index in [9.17, 15) is 15.2 Å². The van der Waals surface area contributed by atoms with Gasteiger partial charge in [-0.05, 0) is 40.3 Å². The molecule has 1 aromatic heterocycles. The number of carbonyl (C=O) groups is 1. The van der Waals surface area contributed by atoms with Crippen LogP contribution in [0.5, 0.6) is 0 Å². The van der Waals surface area contributed by atoms with E-state index in [0.29, 0.717) is 13.0 Å². The molecule has 160 valence electrons. The number of nitrogens with zero attached hydrogens (tertiary/aromatic N) is 3. The van der Waals surface area contributed by atoms with Gasteiger partial charge in [0, 0.05) is 41.7 Å². The molecule has 0 spiro atoms. The van der Waals surface area contributed by atoms with E-state index < -0.39 is 17.6 Å². The monoisotopic (exact) mass is 410 g/mol. The first kappa shape index (κ1) is 20.7. The van der Waals surface area contributed by atoms with E-state index in [0.717, 1.165) is 35.1 Å². The van der Waals surface area contributed by atoms with Crippen LogP contribution in [0.25, 0.3) is 10.9 Å². The van der Waals surface area contributed by atoms with Crippen LogP contribution in [0.15, 0.2) is 24.3 Å². The Morgan fingerprint density at radius 1 is 1.43 bits per heavy atom. The summed E-state index contributed by atoms with van der Waals surface area (Å²) in [4.78, 5) is 14.4. The molecule has 30 heavy (non-hydrogen) atoms. The highest BCUT2D eigenvalue weighted by atomic mass is 16.6. The zero-order chi connectivity index (χ0) is 21.6. The summed E-state index contributed by atoms with van der Waals surface area (Å²) in [7, 11) is 2.04.